The number of furan rings is 1. The molecule has 0 saturated carbocycles. The van der Waals surface area contributed by atoms with Gasteiger partial charge in [-0.2, -0.15) is 0 Å². The summed E-state index contributed by atoms with van der Waals surface area (Å²) in [5.41, 5.74) is 2.21. The summed E-state index contributed by atoms with van der Waals surface area (Å²) in [6.45, 7) is 1.25. The largest absolute Gasteiger partial charge is 0.467 e. The maximum absolute atomic E-state index is 12.3. The van der Waals surface area contributed by atoms with Gasteiger partial charge >= 0.3 is 0 Å². The van der Waals surface area contributed by atoms with Gasteiger partial charge in [0.2, 0.25) is 5.91 Å². The highest BCUT2D eigenvalue weighted by molar-refractivity contribution is 5.97. The number of benzene rings is 2. The molecule has 0 saturated heterocycles. The predicted molar refractivity (Wildman–Crippen MR) is 108 cm³/mol. The summed E-state index contributed by atoms with van der Waals surface area (Å²) in [6.07, 6.45) is 1.56. The molecular weight excluding hydrogens is 354 g/mol. The highest BCUT2D eigenvalue weighted by Crippen LogP contribution is 2.11. The predicted octanol–water partition coefficient (Wildman–Crippen LogP) is 3.28. The Morgan fingerprint density at radius 1 is 1.00 bits per heavy atom. The number of carbonyl (C=O) groups excluding carboxylic acids is 2. The van der Waals surface area contributed by atoms with Crippen molar-refractivity contribution in [2.24, 2.45) is 0 Å². The summed E-state index contributed by atoms with van der Waals surface area (Å²) >= 11 is 0. The van der Waals surface area contributed by atoms with Gasteiger partial charge in [0.25, 0.3) is 5.91 Å². The Morgan fingerprint density at radius 2 is 1.82 bits per heavy atom. The van der Waals surface area contributed by atoms with Crippen LogP contribution in [0, 0.1) is 0 Å². The van der Waals surface area contributed by atoms with Crippen LogP contribution in [0.1, 0.15) is 21.7 Å². The van der Waals surface area contributed by atoms with E-state index in [0.717, 1.165) is 5.56 Å². The van der Waals surface area contributed by atoms with Crippen LogP contribution in [0.25, 0.3) is 0 Å². The fourth-order valence-corrected chi connectivity index (χ4v) is 2.82. The van der Waals surface area contributed by atoms with E-state index >= 15 is 0 Å². The van der Waals surface area contributed by atoms with Crippen LogP contribution in [0.4, 0.5) is 5.69 Å². The zero-order chi connectivity index (χ0) is 19.8. The van der Waals surface area contributed by atoms with Gasteiger partial charge in [-0.15, -0.1) is 0 Å². The molecule has 6 nitrogen and oxygen atoms in total. The molecule has 3 aromatic rings. The second-order valence-electron chi connectivity index (χ2n) is 6.55. The maximum Gasteiger partial charge on any atom is 0.251 e. The van der Waals surface area contributed by atoms with Crippen molar-refractivity contribution >= 4 is 17.5 Å². The molecule has 1 heterocycles. The number of anilines is 1. The average Bonchev–Trinajstić information content (AvgIpc) is 3.20. The van der Waals surface area contributed by atoms with Crippen molar-refractivity contribution in [3.8, 4) is 0 Å². The molecular formula is C22H23N3O3. The van der Waals surface area contributed by atoms with Crippen LogP contribution >= 0.6 is 0 Å². The third-order valence-corrected chi connectivity index (χ3v) is 4.12. The summed E-state index contributed by atoms with van der Waals surface area (Å²) in [4.78, 5) is 26.5. The number of carbonyl (C=O) groups is 2. The van der Waals surface area contributed by atoms with Crippen LogP contribution in [-0.2, 0) is 17.9 Å². The van der Waals surface area contributed by atoms with E-state index in [1.165, 1.54) is 0 Å². The quantitative estimate of drug-likeness (QED) is 0.632. The first-order chi connectivity index (χ1) is 13.6. The Labute approximate surface area is 164 Å². The molecule has 2 amide bonds. The second-order valence-corrected chi connectivity index (χ2v) is 6.55. The van der Waals surface area contributed by atoms with Crippen LogP contribution in [0.5, 0.6) is 0 Å². The van der Waals surface area contributed by atoms with E-state index in [1.54, 1.807) is 42.7 Å². The van der Waals surface area contributed by atoms with Gasteiger partial charge in [0.05, 0.1) is 19.4 Å². The van der Waals surface area contributed by atoms with E-state index in [0.29, 0.717) is 30.1 Å². The van der Waals surface area contributed by atoms with Crippen molar-refractivity contribution in [2.45, 2.75) is 13.1 Å². The summed E-state index contributed by atoms with van der Waals surface area (Å²) in [5, 5.41) is 5.63. The molecule has 0 aliphatic carbocycles. The first-order valence-corrected chi connectivity index (χ1v) is 9.03. The molecule has 2 N–H and O–H groups in total. The summed E-state index contributed by atoms with van der Waals surface area (Å²) < 4.78 is 5.20. The van der Waals surface area contributed by atoms with Crippen molar-refractivity contribution in [1.82, 2.24) is 10.2 Å². The van der Waals surface area contributed by atoms with E-state index in [-0.39, 0.29) is 18.4 Å². The van der Waals surface area contributed by atoms with Gasteiger partial charge in [-0.1, -0.05) is 36.4 Å². The van der Waals surface area contributed by atoms with Crippen molar-refractivity contribution in [3.63, 3.8) is 0 Å². The second kappa shape index (κ2) is 9.53. The van der Waals surface area contributed by atoms with E-state index in [9.17, 15) is 9.59 Å². The average molecular weight is 377 g/mol. The lowest BCUT2D eigenvalue weighted by Gasteiger charge is -2.16. The molecule has 0 spiro atoms. The fourth-order valence-electron chi connectivity index (χ4n) is 2.82. The number of hydrogen-bond donors (Lipinski definition) is 2. The molecule has 6 heteroatoms. The van der Waals surface area contributed by atoms with Gasteiger partial charge in [0.15, 0.2) is 0 Å². The van der Waals surface area contributed by atoms with Crippen LogP contribution in [0.2, 0.25) is 0 Å². The molecule has 0 aliphatic rings. The molecule has 0 unspecified atom stereocenters. The van der Waals surface area contributed by atoms with Gasteiger partial charge in [-0.05, 0) is 42.9 Å². The maximum atomic E-state index is 12.3. The zero-order valence-corrected chi connectivity index (χ0v) is 15.7. The molecule has 0 bridgehead atoms. The fraction of sp³-hybridized carbons (Fsp3) is 0.182. The van der Waals surface area contributed by atoms with E-state index in [2.05, 4.69) is 10.6 Å². The molecule has 0 atom stereocenters. The van der Waals surface area contributed by atoms with Crippen LogP contribution < -0.4 is 10.6 Å². The van der Waals surface area contributed by atoms with Gasteiger partial charge < -0.3 is 15.1 Å². The van der Waals surface area contributed by atoms with Crippen LogP contribution in [-0.4, -0.2) is 30.3 Å². The lowest BCUT2D eigenvalue weighted by atomic mass is 10.2. The van der Waals surface area contributed by atoms with Gasteiger partial charge in [0.1, 0.15) is 5.76 Å². The molecule has 0 aliphatic heterocycles. The monoisotopic (exact) mass is 377 g/mol. The molecule has 0 radical (unpaired) electrons. The summed E-state index contributed by atoms with van der Waals surface area (Å²) in [7, 11) is 1.89. The summed E-state index contributed by atoms with van der Waals surface area (Å²) in [5.74, 6) is 0.319. The van der Waals surface area contributed by atoms with Crippen molar-refractivity contribution in [3.05, 3.63) is 89.9 Å². The molecule has 0 fully saturated rings. The number of likely N-dealkylation sites (N-methyl/N-ethyl adjacent to an activating group) is 1. The first-order valence-electron chi connectivity index (χ1n) is 9.03. The molecule has 144 valence electrons. The topological polar surface area (TPSA) is 74.6 Å². The summed E-state index contributed by atoms with van der Waals surface area (Å²) in [6, 6.07) is 20.4. The van der Waals surface area contributed by atoms with E-state index in [4.69, 9.17) is 4.42 Å². The minimum atomic E-state index is -0.228. The van der Waals surface area contributed by atoms with Crippen molar-refractivity contribution in [2.75, 3.05) is 18.9 Å². The Kier molecular flexibility index (Phi) is 6.59. The number of rotatable bonds is 8. The van der Waals surface area contributed by atoms with Gasteiger partial charge in [-0.25, -0.2) is 0 Å². The Morgan fingerprint density at radius 3 is 2.57 bits per heavy atom. The number of nitrogens with one attached hydrogen (secondary N) is 2. The Bertz CT molecular complexity index is 908. The molecule has 3 rings (SSSR count). The third-order valence-electron chi connectivity index (χ3n) is 4.12. The molecule has 28 heavy (non-hydrogen) atoms. The lowest BCUT2D eigenvalue weighted by molar-refractivity contribution is -0.117. The molecule has 2 aromatic carbocycles. The highest BCUT2D eigenvalue weighted by atomic mass is 16.3. The minimum absolute atomic E-state index is 0.133. The van der Waals surface area contributed by atoms with Crippen LogP contribution in [0.3, 0.4) is 0 Å². The molecule has 1 aromatic heterocycles. The van der Waals surface area contributed by atoms with Gasteiger partial charge in [-0.3, -0.25) is 14.5 Å². The Hall–Kier alpha value is -3.38. The van der Waals surface area contributed by atoms with Crippen molar-refractivity contribution < 1.29 is 14.0 Å². The number of nitrogens with zero attached hydrogens (tertiary/aromatic N) is 1. The highest BCUT2D eigenvalue weighted by Gasteiger charge is 2.10. The normalized spacial score (nSPS) is 10.6. The smallest absolute Gasteiger partial charge is 0.251 e. The SMILES string of the molecule is CN(CC(=O)Nc1cccc(C(=O)NCc2ccco2)c1)Cc1ccccc1. The van der Waals surface area contributed by atoms with Gasteiger partial charge in [0, 0.05) is 17.8 Å². The third kappa shape index (κ3) is 5.82. The lowest BCUT2D eigenvalue weighted by Crippen LogP contribution is -2.30. The van der Waals surface area contributed by atoms with E-state index in [1.807, 2.05) is 42.3 Å². The first kappa shape index (κ1) is 19.4. The van der Waals surface area contributed by atoms with Crippen molar-refractivity contribution in [1.29, 1.82) is 0 Å². The number of amides is 2. The zero-order valence-electron chi connectivity index (χ0n) is 15.7. The Balaban J connectivity index is 1.51. The minimum Gasteiger partial charge on any atom is -0.467 e. The standard InChI is InChI=1S/C22H23N3O3/c1-25(15-17-7-3-2-4-8-17)16-21(26)24-19-10-5-9-18(13-19)22(27)23-14-20-11-6-12-28-20/h2-13H,14-16H2,1H3,(H,23,27)(H,24,26). The van der Waals surface area contributed by atoms with E-state index < -0.39 is 0 Å². The number of hydrogen-bond acceptors (Lipinski definition) is 4. The van der Waals surface area contributed by atoms with Crippen LogP contribution in [0.15, 0.2) is 77.4 Å².